The maximum atomic E-state index is 12.2. The number of nitrogens with one attached hydrogen (secondary N) is 2. The van der Waals surface area contributed by atoms with Crippen molar-refractivity contribution in [2.45, 2.75) is 11.8 Å². The molecule has 0 spiro atoms. The molecule has 0 saturated carbocycles. The monoisotopic (exact) mass is 341 g/mol. The molecular formula is C17H15N3O3S. The minimum Gasteiger partial charge on any atom is -0.306 e. The van der Waals surface area contributed by atoms with E-state index in [1.54, 1.807) is 42.6 Å². The summed E-state index contributed by atoms with van der Waals surface area (Å²) in [7, 11) is -3.93. The van der Waals surface area contributed by atoms with Gasteiger partial charge in [-0.25, -0.2) is 17.9 Å². The summed E-state index contributed by atoms with van der Waals surface area (Å²) in [5.41, 5.74) is 2.12. The summed E-state index contributed by atoms with van der Waals surface area (Å²) in [6, 6.07) is 14.2. The molecular weight excluding hydrogens is 326 g/mol. The topological polar surface area (TPSA) is 88.2 Å². The van der Waals surface area contributed by atoms with Gasteiger partial charge in [0.25, 0.3) is 10.0 Å². The number of hydrogen-bond donors (Lipinski definition) is 2. The van der Waals surface area contributed by atoms with Gasteiger partial charge in [0.15, 0.2) is 0 Å². The largest absolute Gasteiger partial charge is 0.333 e. The molecule has 1 aromatic heterocycles. The first-order valence-corrected chi connectivity index (χ1v) is 8.68. The Morgan fingerprint density at radius 2 is 1.75 bits per heavy atom. The summed E-state index contributed by atoms with van der Waals surface area (Å²) in [5.74, 6) is 0. The number of fused-ring (bicyclic) bond motifs is 1. The van der Waals surface area contributed by atoms with Gasteiger partial charge in [-0.1, -0.05) is 23.8 Å². The number of anilines is 1. The molecule has 7 heteroatoms. The Labute approximate surface area is 139 Å². The molecule has 6 nitrogen and oxygen atoms in total. The Morgan fingerprint density at radius 3 is 2.50 bits per heavy atom. The summed E-state index contributed by atoms with van der Waals surface area (Å²) in [6.45, 7) is 1.85. The molecule has 0 aliphatic rings. The lowest BCUT2D eigenvalue weighted by molar-refractivity contribution is 0.256. The highest BCUT2D eigenvalue weighted by atomic mass is 32.2. The molecule has 0 fully saturated rings. The Balaban J connectivity index is 1.81. The van der Waals surface area contributed by atoms with E-state index < -0.39 is 16.1 Å². The fraction of sp³-hybridized carbons (Fsp3) is 0.0588. The molecule has 0 radical (unpaired) electrons. The van der Waals surface area contributed by atoms with Crippen molar-refractivity contribution in [3.05, 3.63) is 66.4 Å². The molecule has 0 bridgehead atoms. The third kappa shape index (κ3) is 3.36. The fourth-order valence-electron chi connectivity index (χ4n) is 2.26. The van der Waals surface area contributed by atoms with Crippen molar-refractivity contribution in [3.63, 3.8) is 0 Å². The molecule has 0 saturated heterocycles. The van der Waals surface area contributed by atoms with Crippen LogP contribution in [-0.2, 0) is 10.0 Å². The molecule has 3 rings (SSSR count). The van der Waals surface area contributed by atoms with Crippen molar-refractivity contribution in [2.24, 2.45) is 0 Å². The lowest BCUT2D eigenvalue weighted by atomic mass is 10.2. The van der Waals surface area contributed by atoms with Crippen LogP contribution in [0.5, 0.6) is 0 Å². The van der Waals surface area contributed by atoms with E-state index >= 15 is 0 Å². The molecule has 0 aliphatic carbocycles. The average molecular weight is 341 g/mol. The van der Waals surface area contributed by atoms with Crippen molar-refractivity contribution >= 4 is 32.6 Å². The van der Waals surface area contributed by atoms with Gasteiger partial charge in [-0.2, -0.15) is 0 Å². The van der Waals surface area contributed by atoms with E-state index in [1.165, 1.54) is 12.1 Å². The normalized spacial score (nSPS) is 11.2. The van der Waals surface area contributed by atoms with Crippen LogP contribution < -0.4 is 10.0 Å². The minimum absolute atomic E-state index is 0.0304. The number of benzene rings is 2. The van der Waals surface area contributed by atoms with Gasteiger partial charge in [-0.15, -0.1) is 0 Å². The number of rotatable bonds is 3. The molecule has 0 unspecified atom stereocenters. The summed E-state index contributed by atoms with van der Waals surface area (Å²) in [5, 5.41) is 3.28. The highest BCUT2D eigenvalue weighted by molar-refractivity contribution is 7.90. The second kappa shape index (κ2) is 6.29. The Kier molecular flexibility index (Phi) is 4.18. The van der Waals surface area contributed by atoms with Gasteiger partial charge < -0.3 is 5.32 Å². The van der Waals surface area contributed by atoms with Gasteiger partial charge in [0.1, 0.15) is 0 Å². The average Bonchev–Trinajstić information content (AvgIpc) is 2.55. The quantitative estimate of drug-likeness (QED) is 0.766. The van der Waals surface area contributed by atoms with Crippen LogP contribution in [-0.4, -0.2) is 19.4 Å². The lowest BCUT2D eigenvalue weighted by Gasteiger charge is -2.10. The number of nitrogens with zero attached hydrogens (tertiary/aromatic N) is 1. The Morgan fingerprint density at radius 1 is 1.00 bits per heavy atom. The first-order valence-electron chi connectivity index (χ1n) is 7.20. The van der Waals surface area contributed by atoms with E-state index in [0.717, 1.165) is 10.9 Å². The molecule has 0 aliphatic heterocycles. The smallest absolute Gasteiger partial charge is 0.306 e. The van der Waals surface area contributed by atoms with E-state index in [0.29, 0.717) is 11.2 Å². The number of pyridine rings is 1. The molecule has 0 atom stereocenters. The van der Waals surface area contributed by atoms with Gasteiger partial charge in [0, 0.05) is 11.6 Å². The maximum Gasteiger partial charge on any atom is 0.333 e. The molecule has 2 amide bonds. The standard InChI is InChI=1S/C17H15N3O3S/c1-12-7-9-13(10-8-12)24(22,23)20-17(21)19-16-6-2-5-15-14(16)4-3-11-18-15/h2-11H,1H3,(H2,19,20,21). The van der Waals surface area contributed by atoms with E-state index in [4.69, 9.17) is 0 Å². The number of aryl methyl sites for hydroxylation is 1. The Hall–Kier alpha value is -2.93. The van der Waals surface area contributed by atoms with Gasteiger partial charge >= 0.3 is 6.03 Å². The van der Waals surface area contributed by atoms with Crippen molar-refractivity contribution in [1.82, 2.24) is 9.71 Å². The van der Waals surface area contributed by atoms with Crippen LogP contribution in [0.1, 0.15) is 5.56 Å². The van der Waals surface area contributed by atoms with Crippen molar-refractivity contribution < 1.29 is 13.2 Å². The highest BCUT2D eigenvalue weighted by Crippen LogP contribution is 2.21. The zero-order chi connectivity index (χ0) is 17.2. The van der Waals surface area contributed by atoms with Crippen molar-refractivity contribution in [2.75, 3.05) is 5.32 Å². The number of amides is 2. The second-order valence-corrected chi connectivity index (χ2v) is 6.93. The lowest BCUT2D eigenvalue weighted by Crippen LogP contribution is -2.34. The molecule has 2 N–H and O–H groups in total. The van der Waals surface area contributed by atoms with Crippen LogP contribution in [0, 0.1) is 6.92 Å². The number of hydrogen-bond acceptors (Lipinski definition) is 4. The second-order valence-electron chi connectivity index (χ2n) is 5.25. The zero-order valence-electron chi connectivity index (χ0n) is 12.9. The van der Waals surface area contributed by atoms with E-state index in [1.807, 2.05) is 17.7 Å². The van der Waals surface area contributed by atoms with E-state index in [2.05, 4.69) is 10.3 Å². The fourth-order valence-corrected chi connectivity index (χ4v) is 3.17. The van der Waals surface area contributed by atoms with Gasteiger partial charge in [0.2, 0.25) is 0 Å². The van der Waals surface area contributed by atoms with Crippen LogP contribution in [0.2, 0.25) is 0 Å². The predicted molar refractivity (Wildman–Crippen MR) is 92.3 cm³/mol. The van der Waals surface area contributed by atoms with Gasteiger partial charge in [0.05, 0.1) is 16.1 Å². The van der Waals surface area contributed by atoms with Gasteiger partial charge in [-0.05, 0) is 43.3 Å². The molecule has 122 valence electrons. The predicted octanol–water partition coefficient (Wildman–Crippen LogP) is 3.05. The maximum absolute atomic E-state index is 12.2. The number of carbonyl (C=O) groups is 1. The van der Waals surface area contributed by atoms with Crippen molar-refractivity contribution in [1.29, 1.82) is 0 Å². The zero-order valence-corrected chi connectivity index (χ0v) is 13.7. The number of sulfonamides is 1. The van der Waals surface area contributed by atoms with Crippen LogP contribution >= 0.6 is 0 Å². The SMILES string of the molecule is Cc1ccc(S(=O)(=O)NC(=O)Nc2cccc3ncccc23)cc1. The molecule has 1 heterocycles. The third-order valence-corrected chi connectivity index (χ3v) is 4.80. The summed E-state index contributed by atoms with van der Waals surface area (Å²) < 4.78 is 26.5. The van der Waals surface area contributed by atoms with Crippen LogP contribution in [0.25, 0.3) is 10.9 Å². The van der Waals surface area contributed by atoms with E-state index in [-0.39, 0.29) is 4.90 Å². The number of carbonyl (C=O) groups excluding carboxylic acids is 1. The van der Waals surface area contributed by atoms with Gasteiger partial charge in [-0.3, -0.25) is 4.98 Å². The minimum atomic E-state index is -3.93. The van der Waals surface area contributed by atoms with Crippen molar-refractivity contribution in [3.8, 4) is 0 Å². The highest BCUT2D eigenvalue weighted by Gasteiger charge is 2.17. The molecule has 2 aromatic carbocycles. The molecule has 3 aromatic rings. The summed E-state index contributed by atoms with van der Waals surface area (Å²) >= 11 is 0. The van der Waals surface area contributed by atoms with Crippen LogP contribution in [0.4, 0.5) is 10.5 Å². The van der Waals surface area contributed by atoms with Crippen LogP contribution in [0.15, 0.2) is 65.7 Å². The first kappa shape index (κ1) is 15.9. The molecule has 24 heavy (non-hydrogen) atoms. The van der Waals surface area contributed by atoms with E-state index in [9.17, 15) is 13.2 Å². The third-order valence-electron chi connectivity index (χ3n) is 3.45. The summed E-state index contributed by atoms with van der Waals surface area (Å²) in [4.78, 5) is 16.3. The van der Waals surface area contributed by atoms with Crippen LogP contribution in [0.3, 0.4) is 0 Å². The number of urea groups is 1. The first-order chi connectivity index (χ1) is 11.5. The Bertz CT molecular complexity index is 994. The number of aromatic nitrogens is 1. The summed E-state index contributed by atoms with van der Waals surface area (Å²) in [6.07, 6.45) is 1.65.